The molecule has 0 bridgehead atoms. The molecule has 0 aromatic heterocycles. The van der Waals surface area contributed by atoms with Crippen molar-refractivity contribution in [3.05, 3.63) is 21.4 Å². The maximum atomic E-state index is 13.7. The standard InChI is InChI=1S/C42H57NO6S2/c1-24(2)47-41(46)34(23-43)42-50-37-35(48-39(44)32-18-14-30(15-19-32)28-10-6-25(3)7-11-28)22-27(5)36(38(37)51-42)49-40(45)33-20-16-31(17-21-33)29-12-8-26(4)9-13-29/h22,24-26,28-33H,6-21H2,1-5H3/b42-34-. The Morgan fingerprint density at radius 2 is 1.12 bits per heavy atom. The lowest BCUT2D eigenvalue weighted by atomic mass is 9.69. The van der Waals surface area contributed by atoms with Gasteiger partial charge in [-0.15, -0.1) is 0 Å². The van der Waals surface area contributed by atoms with Gasteiger partial charge in [-0.2, -0.15) is 5.26 Å². The van der Waals surface area contributed by atoms with Gasteiger partial charge in [0.25, 0.3) is 0 Å². The van der Waals surface area contributed by atoms with Crippen LogP contribution in [-0.4, -0.2) is 24.0 Å². The molecule has 51 heavy (non-hydrogen) atoms. The Morgan fingerprint density at radius 1 is 0.686 bits per heavy atom. The van der Waals surface area contributed by atoms with Crippen molar-refractivity contribution in [2.75, 3.05) is 0 Å². The summed E-state index contributed by atoms with van der Waals surface area (Å²) in [6.07, 6.45) is 17.7. The van der Waals surface area contributed by atoms with Crippen LogP contribution in [0.3, 0.4) is 0 Å². The minimum atomic E-state index is -0.697. The molecule has 0 unspecified atom stereocenters. The van der Waals surface area contributed by atoms with E-state index in [0.29, 0.717) is 42.9 Å². The van der Waals surface area contributed by atoms with Crippen LogP contribution in [0.1, 0.15) is 136 Å². The van der Waals surface area contributed by atoms with Crippen molar-refractivity contribution in [2.24, 2.45) is 47.3 Å². The van der Waals surface area contributed by atoms with Crippen LogP contribution < -0.4 is 9.47 Å². The van der Waals surface area contributed by atoms with Gasteiger partial charge >= 0.3 is 17.9 Å². The quantitative estimate of drug-likeness (QED) is 0.112. The van der Waals surface area contributed by atoms with Crippen molar-refractivity contribution in [1.29, 1.82) is 5.26 Å². The van der Waals surface area contributed by atoms with Gasteiger partial charge in [0, 0.05) is 0 Å². The van der Waals surface area contributed by atoms with Crippen molar-refractivity contribution in [3.63, 3.8) is 0 Å². The topological polar surface area (TPSA) is 103 Å². The number of esters is 3. The highest BCUT2D eigenvalue weighted by Crippen LogP contribution is 2.60. The molecule has 278 valence electrons. The van der Waals surface area contributed by atoms with Gasteiger partial charge in [-0.1, -0.05) is 63.1 Å². The molecular weight excluding hydrogens is 679 g/mol. The lowest BCUT2D eigenvalue weighted by Gasteiger charge is -2.36. The van der Waals surface area contributed by atoms with Gasteiger partial charge in [-0.05, 0) is 145 Å². The molecule has 0 atom stereocenters. The van der Waals surface area contributed by atoms with Gasteiger partial charge in [0.2, 0.25) is 0 Å². The third-order valence-electron chi connectivity index (χ3n) is 12.7. The molecule has 1 aliphatic heterocycles. The lowest BCUT2D eigenvalue weighted by molar-refractivity contribution is -0.142. The second kappa shape index (κ2) is 17.1. The van der Waals surface area contributed by atoms with Crippen molar-refractivity contribution in [1.82, 2.24) is 0 Å². The van der Waals surface area contributed by atoms with Crippen LogP contribution in [-0.2, 0) is 19.1 Å². The van der Waals surface area contributed by atoms with E-state index in [1.165, 1.54) is 74.9 Å². The van der Waals surface area contributed by atoms with E-state index in [-0.39, 0.29) is 35.5 Å². The number of benzene rings is 1. The normalized spacial score (nSPS) is 32.0. The number of rotatable bonds is 8. The summed E-state index contributed by atoms with van der Waals surface area (Å²) in [6, 6.07) is 3.82. The van der Waals surface area contributed by atoms with Gasteiger partial charge in [-0.25, -0.2) is 4.79 Å². The van der Waals surface area contributed by atoms with E-state index in [9.17, 15) is 19.6 Å². The molecule has 9 heteroatoms. The molecule has 1 aromatic carbocycles. The third kappa shape index (κ3) is 9.21. The Bertz CT molecular complexity index is 1510. The number of nitriles is 1. The molecule has 4 saturated carbocycles. The number of thioether (sulfide) groups is 2. The summed E-state index contributed by atoms with van der Waals surface area (Å²) in [5.74, 6) is 3.96. The Kier molecular flexibility index (Phi) is 12.9. The highest BCUT2D eigenvalue weighted by atomic mass is 32.2. The second-order valence-corrected chi connectivity index (χ2v) is 19.0. The largest absolute Gasteiger partial charge is 0.459 e. The van der Waals surface area contributed by atoms with E-state index >= 15 is 0 Å². The first kappa shape index (κ1) is 38.3. The third-order valence-corrected chi connectivity index (χ3v) is 15.3. The zero-order chi connectivity index (χ0) is 36.2. The van der Waals surface area contributed by atoms with Crippen LogP contribution in [0.25, 0.3) is 0 Å². The SMILES string of the molecule is Cc1cc(OC(=O)C2CCC(C3CCC(C)CC3)CC2)c2c(c1OC(=O)C1CCC(C3CCC(C)CC3)CC1)S/C(=C(/C#N)C(=O)OC(C)C)S2. The summed E-state index contributed by atoms with van der Waals surface area (Å²) in [7, 11) is 0. The lowest BCUT2D eigenvalue weighted by Crippen LogP contribution is -2.30. The van der Waals surface area contributed by atoms with E-state index in [2.05, 4.69) is 13.8 Å². The van der Waals surface area contributed by atoms with E-state index in [1.54, 1.807) is 19.9 Å². The number of ether oxygens (including phenoxy) is 3. The van der Waals surface area contributed by atoms with Crippen molar-refractivity contribution >= 4 is 41.4 Å². The van der Waals surface area contributed by atoms with Crippen molar-refractivity contribution in [2.45, 2.75) is 153 Å². The van der Waals surface area contributed by atoms with Crippen LogP contribution in [0.4, 0.5) is 0 Å². The molecule has 4 fully saturated rings. The maximum Gasteiger partial charge on any atom is 0.350 e. The Labute approximate surface area is 313 Å². The fraction of sp³-hybridized carbons (Fsp3) is 0.714. The van der Waals surface area contributed by atoms with E-state index < -0.39 is 5.97 Å². The summed E-state index contributed by atoms with van der Waals surface area (Å²) < 4.78 is 18.2. The zero-order valence-electron chi connectivity index (χ0n) is 31.3. The molecule has 0 amide bonds. The van der Waals surface area contributed by atoms with E-state index in [0.717, 1.165) is 75.0 Å². The minimum Gasteiger partial charge on any atom is -0.459 e. The minimum absolute atomic E-state index is 0.104. The first-order valence-electron chi connectivity index (χ1n) is 19.8. The van der Waals surface area contributed by atoms with E-state index in [4.69, 9.17) is 14.2 Å². The van der Waals surface area contributed by atoms with Gasteiger partial charge in [0.15, 0.2) is 5.57 Å². The summed E-state index contributed by atoms with van der Waals surface area (Å²) >= 11 is 2.43. The van der Waals surface area contributed by atoms with Crippen LogP contribution >= 0.6 is 23.5 Å². The van der Waals surface area contributed by atoms with Gasteiger partial charge in [-0.3, -0.25) is 9.59 Å². The van der Waals surface area contributed by atoms with E-state index in [1.807, 2.05) is 13.0 Å². The molecule has 1 aromatic rings. The summed E-state index contributed by atoms with van der Waals surface area (Å²) in [5.41, 5.74) is 0.579. The Morgan fingerprint density at radius 3 is 1.57 bits per heavy atom. The molecule has 0 N–H and O–H groups in total. The Balaban J connectivity index is 1.17. The number of carbonyl (C=O) groups excluding carboxylic acids is 3. The average Bonchev–Trinajstić information content (AvgIpc) is 3.56. The summed E-state index contributed by atoms with van der Waals surface area (Å²) in [6.45, 7) is 10.1. The highest BCUT2D eigenvalue weighted by Gasteiger charge is 2.38. The van der Waals surface area contributed by atoms with Crippen molar-refractivity contribution < 1.29 is 28.6 Å². The van der Waals surface area contributed by atoms with Crippen LogP contribution in [0.5, 0.6) is 11.5 Å². The smallest absolute Gasteiger partial charge is 0.350 e. The molecular formula is C42H57NO6S2. The monoisotopic (exact) mass is 735 g/mol. The van der Waals surface area contributed by atoms with Crippen molar-refractivity contribution in [3.8, 4) is 17.6 Å². The predicted octanol–water partition coefficient (Wildman–Crippen LogP) is 11.0. The first-order chi connectivity index (χ1) is 24.5. The van der Waals surface area contributed by atoms with Gasteiger partial charge < -0.3 is 14.2 Å². The molecule has 7 nitrogen and oxygen atoms in total. The predicted molar refractivity (Wildman–Crippen MR) is 201 cm³/mol. The number of hydrogen-bond acceptors (Lipinski definition) is 9. The fourth-order valence-electron chi connectivity index (χ4n) is 9.41. The van der Waals surface area contributed by atoms with Crippen LogP contribution in [0.2, 0.25) is 0 Å². The van der Waals surface area contributed by atoms with Crippen LogP contribution in [0, 0.1) is 65.6 Å². The number of aryl methyl sites for hydroxylation is 1. The average molecular weight is 736 g/mol. The molecule has 1 heterocycles. The number of carbonyl (C=O) groups is 3. The molecule has 6 rings (SSSR count). The summed E-state index contributed by atoms with van der Waals surface area (Å²) in [5, 5.41) is 10.0. The molecule has 5 aliphatic rings. The number of nitrogens with zero attached hydrogens (tertiary/aromatic N) is 1. The number of fused-ring (bicyclic) bond motifs is 1. The molecule has 4 aliphatic carbocycles. The zero-order valence-corrected chi connectivity index (χ0v) is 32.9. The fourth-order valence-corrected chi connectivity index (χ4v) is 12.0. The second-order valence-electron chi connectivity index (χ2n) is 16.7. The highest BCUT2D eigenvalue weighted by molar-refractivity contribution is 8.24. The molecule has 0 radical (unpaired) electrons. The van der Waals surface area contributed by atoms with Gasteiger partial charge in [0.05, 0.1) is 32.0 Å². The summed E-state index contributed by atoms with van der Waals surface area (Å²) in [4.78, 5) is 41.5. The number of hydrogen-bond donors (Lipinski definition) is 0. The van der Waals surface area contributed by atoms with Crippen LogP contribution in [0.15, 0.2) is 25.7 Å². The molecule has 0 saturated heterocycles. The maximum absolute atomic E-state index is 13.7. The molecule has 0 spiro atoms. The first-order valence-corrected chi connectivity index (χ1v) is 21.5. The van der Waals surface area contributed by atoms with Gasteiger partial charge in [0.1, 0.15) is 17.6 Å². The Hall–Kier alpha value is -2.44.